The van der Waals surface area contributed by atoms with E-state index in [-0.39, 0.29) is 18.3 Å². The molecule has 0 spiro atoms. The fourth-order valence-electron chi connectivity index (χ4n) is 4.53. The lowest BCUT2D eigenvalue weighted by atomic mass is 10.0. The molecule has 2 fully saturated rings. The van der Waals surface area contributed by atoms with Crippen molar-refractivity contribution in [1.82, 2.24) is 14.9 Å². The number of H-pyrrole nitrogens is 1. The summed E-state index contributed by atoms with van der Waals surface area (Å²) in [4.78, 5) is 29.6. The van der Waals surface area contributed by atoms with Gasteiger partial charge in [-0.2, -0.15) is 0 Å². The summed E-state index contributed by atoms with van der Waals surface area (Å²) in [5, 5.41) is 4.64. The second kappa shape index (κ2) is 8.18. The molecule has 1 unspecified atom stereocenters. The van der Waals surface area contributed by atoms with Crippen LogP contribution in [0.15, 0.2) is 32.4 Å². The van der Waals surface area contributed by atoms with E-state index in [0.29, 0.717) is 33.8 Å². The number of fused-ring (bicyclic) bond motifs is 1. The standard InChI is InChI=1S/C22H24N4O5S/c1-12-20(13(2)31-24-12)14-9-17-16(19(10-14)32(29)25-15-5-3-4-6-15)11-18(21(27)23-17)26-7-8-30-22(26)28/h9-11,15,25H,3-8H2,1-2H3,(H,23,27). The van der Waals surface area contributed by atoms with E-state index < -0.39 is 22.6 Å². The van der Waals surface area contributed by atoms with Gasteiger partial charge in [0.1, 0.15) is 29.0 Å². The molecule has 168 valence electrons. The number of rotatable bonds is 5. The van der Waals surface area contributed by atoms with Crippen LogP contribution in [0.25, 0.3) is 22.0 Å². The summed E-state index contributed by atoms with van der Waals surface area (Å²) in [5.41, 5.74) is 2.58. The number of cyclic esters (lactones) is 1. The van der Waals surface area contributed by atoms with Crippen molar-refractivity contribution in [2.45, 2.75) is 50.5 Å². The molecule has 3 aromatic rings. The molecule has 1 atom stereocenters. The summed E-state index contributed by atoms with van der Waals surface area (Å²) in [5.74, 6) is 0.640. The first kappa shape index (κ1) is 20.9. The van der Waals surface area contributed by atoms with Crippen molar-refractivity contribution in [1.29, 1.82) is 0 Å². The number of anilines is 1. The van der Waals surface area contributed by atoms with Crippen LogP contribution in [0.1, 0.15) is 37.1 Å². The zero-order valence-electron chi connectivity index (χ0n) is 17.9. The molecule has 32 heavy (non-hydrogen) atoms. The number of ether oxygens (including phenoxy) is 1. The van der Waals surface area contributed by atoms with Crippen molar-refractivity contribution in [2.24, 2.45) is 0 Å². The Kier molecular flexibility index (Phi) is 5.34. The molecule has 0 bridgehead atoms. The highest BCUT2D eigenvalue weighted by Crippen LogP contribution is 2.33. The van der Waals surface area contributed by atoms with Crippen molar-refractivity contribution in [3.63, 3.8) is 0 Å². The van der Waals surface area contributed by atoms with Gasteiger partial charge in [0.2, 0.25) is 0 Å². The minimum atomic E-state index is -1.52. The topological polar surface area (TPSA) is 118 Å². The molecule has 5 rings (SSSR count). The Hall–Kier alpha value is -2.98. The maximum Gasteiger partial charge on any atom is 0.414 e. The van der Waals surface area contributed by atoms with Gasteiger partial charge < -0.3 is 14.2 Å². The third-order valence-corrected chi connectivity index (χ3v) is 7.39. The molecule has 1 saturated heterocycles. The van der Waals surface area contributed by atoms with Gasteiger partial charge in [0.05, 0.1) is 22.7 Å². The van der Waals surface area contributed by atoms with E-state index in [2.05, 4.69) is 14.9 Å². The predicted molar refractivity (Wildman–Crippen MR) is 120 cm³/mol. The molecule has 9 nitrogen and oxygen atoms in total. The van der Waals surface area contributed by atoms with Crippen molar-refractivity contribution in [3.05, 3.63) is 40.0 Å². The molecule has 1 aromatic carbocycles. The van der Waals surface area contributed by atoms with Crippen molar-refractivity contribution in [3.8, 4) is 11.1 Å². The van der Waals surface area contributed by atoms with E-state index in [4.69, 9.17) is 9.26 Å². The molecule has 3 heterocycles. The average Bonchev–Trinajstić information content (AvgIpc) is 3.49. The number of hydrogen-bond acceptors (Lipinski definition) is 6. The lowest BCUT2D eigenvalue weighted by Crippen LogP contribution is -2.30. The molecule has 0 radical (unpaired) electrons. The zero-order chi connectivity index (χ0) is 22.4. The third kappa shape index (κ3) is 3.63. The van der Waals surface area contributed by atoms with E-state index in [1.54, 1.807) is 6.07 Å². The van der Waals surface area contributed by atoms with Crippen LogP contribution in [-0.4, -0.2) is 39.6 Å². The second-order valence-electron chi connectivity index (χ2n) is 8.25. The Labute approximate surface area is 186 Å². The smallest absolute Gasteiger partial charge is 0.414 e. The summed E-state index contributed by atoms with van der Waals surface area (Å²) < 4.78 is 27.0. The Morgan fingerprint density at radius 2 is 1.97 bits per heavy atom. The van der Waals surface area contributed by atoms with Gasteiger partial charge in [-0.25, -0.2) is 13.7 Å². The number of aromatic nitrogens is 2. The molecule has 1 aliphatic heterocycles. The van der Waals surface area contributed by atoms with Crippen molar-refractivity contribution >= 4 is 33.7 Å². The largest absolute Gasteiger partial charge is 0.447 e. The maximum atomic E-state index is 13.5. The van der Waals surface area contributed by atoms with E-state index in [0.717, 1.165) is 36.8 Å². The van der Waals surface area contributed by atoms with Gasteiger partial charge in [-0.05, 0) is 50.5 Å². The quantitative estimate of drug-likeness (QED) is 0.608. The molecule has 1 aliphatic carbocycles. The highest BCUT2D eigenvalue weighted by molar-refractivity contribution is 7.83. The van der Waals surface area contributed by atoms with Crippen LogP contribution in [0, 0.1) is 13.8 Å². The number of carbonyl (C=O) groups excluding carboxylic acids is 1. The summed E-state index contributed by atoms with van der Waals surface area (Å²) >= 11 is 0. The van der Waals surface area contributed by atoms with Gasteiger partial charge in [0.15, 0.2) is 0 Å². The lowest BCUT2D eigenvalue weighted by molar-refractivity contribution is 0.181. The number of carbonyl (C=O) groups is 1. The molecule has 2 N–H and O–H groups in total. The van der Waals surface area contributed by atoms with Gasteiger partial charge in [-0.1, -0.05) is 18.0 Å². The number of hydrogen-bond donors (Lipinski definition) is 2. The highest BCUT2D eigenvalue weighted by atomic mass is 32.2. The van der Waals surface area contributed by atoms with E-state index >= 15 is 0 Å². The fourth-order valence-corrected chi connectivity index (χ4v) is 5.80. The summed E-state index contributed by atoms with van der Waals surface area (Å²) in [6, 6.07) is 5.48. The molecule has 2 aliphatic rings. The van der Waals surface area contributed by atoms with Crippen LogP contribution in [0.2, 0.25) is 0 Å². The molecule has 10 heteroatoms. The van der Waals surface area contributed by atoms with Crippen LogP contribution in [-0.2, 0) is 15.7 Å². The van der Waals surface area contributed by atoms with Gasteiger partial charge in [0.25, 0.3) is 5.56 Å². The Morgan fingerprint density at radius 3 is 2.62 bits per heavy atom. The second-order valence-corrected chi connectivity index (χ2v) is 9.47. The van der Waals surface area contributed by atoms with Crippen LogP contribution < -0.4 is 15.2 Å². The van der Waals surface area contributed by atoms with Crippen molar-refractivity contribution < 1.29 is 18.3 Å². The summed E-state index contributed by atoms with van der Waals surface area (Å²) in [7, 11) is -1.52. The number of amides is 1. The molecule has 2 aromatic heterocycles. The zero-order valence-corrected chi connectivity index (χ0v) is 18.7. The number of aryl methyl sites for hydroxylation is 2. The first-order chi connectivity index (χ1) is 15.4. The normalized spacial score (nSPS) is 17.9. The Balaban J connectivity index is 1.69. The first-order valence-corrected chi connectivity index (χ1v) is 11.8. The van der Waals surface area contributed by atoms with E-state index in [1.807, 2.05) is 26.0 Å². The summed E-state index contributed by atoms with van der Waals surface area (Å²) in [6.07, 6.45) is 3.63. The molecule has 1 saturated carbocycles. The number of pyridine rings is 1. The van der Waals surface area contributed by atoms with Crippen LogP contribution in [0.3, 0.4) is 0 Å². The minimum Gasteiger partial charge on any atom is -0.447 e. The number of benzene rings is 1. The SMILES string of the molecule is Cc1noc(C)c1-c1cc(S(=O)NC2CCCC2)c2cc(N3CCOC3=O)c(=O)[nH]c2c1. The summed E-state index contributed by atoms with van der Waals surface area (Å²) in [6.45, 7) is 4.18. The Bertz CT molecular complexity index is 1270. The molecular formula is C22H24N4O5S. The monoisotopic (exact) mass is 456 g/mol. The third-order valence-electron chi connectivity index (χ3n) is 6.11. The fraction of sp³-hybridized carbons (Fsp3) is 0.409. The molecule has 1 amide bonds. The first-order valence-electron chi connectivity index (χ1n) is 10.7. The van der Waals surface area contributed by atoms with Gasteiger partial charge >= 0.3 is 6.09 Å². The maximum absolute atomic E-state index is 13.5. The number of nitrogens with one attached hydrogen (secondary N) is 2. The van der Waals surface area contributed by atoms with Gasteiger partial charge in [0, 0.05) is 17.0 Å². The Morgan fingerprint density at radius 1 is 1.19 bits per heavy atom. The van der Waals surface area contributed by atoms with E-state index in [9.17, 15) is 13.8 Å². The van der Waals surface area contributed by atoms with Gasteiger partial charge in [-0.3, -0.25) is 9.69 Å². The lowest BCUT2D eigenvalue weighted by Gasteiger charge is -2.17. The minimum absolute atomic E-state index is 0.184. The van der Waals surface area contributed by atoms with Crippen LogP contribution in [0.5, 0.6) is 0 Å². The van der Waals surface area contributed by atoms with Crippen molar-refractivity contribution in [2.75, 3.05) is 18.1 Å². The van der Waals surface area contributed by atoms with Crippen LogP contribution >= 0.6 is 0 Å². The predicted octanol–water partition coefficient (Wildman–Crippen LogP) is 3.31. The average molecular weight is 457 g/mol. The van der Waals surface area contributed by atoms with Crippen LogP contribution in [0.4, 0.5) is 10.5 Å². The van der Waals surface area contributed by atoms with Gasteiger partial charge in [-0.15, -0.1) is 0 Å². The molecular weight excluding hydrogens is 432 g/mol. The number of aromatic amines is 1. The highest BCUT2D eigenvalue weighted by Gasteiger charge is 2.28. The van der Waals surface area contributed by atoms with E-state index in [1.165, 1.54) is 4.90 Å². The number of nitrogens with zero attached hydrogens (tertiary/aromatic N) is 2.